The maximum atomic E-state index is 13.3. The number of hydrogen-bond acceptors (Lipinski definition) is 3. The molecule has 5 nitrogen and oxygen atoms in total. The van der Waals surface area contributed by atoms with Crippen LogP contribution in [0.25, 0.3) is 0 Å². The van der Waals surface area contributed by atoms with E-state index in [4.69, 9.17) is 0 Å². The largest absolute Gasteiger partial charge is 0.387 e. The molecule has 2 aromatic rings. The van der Waals surface area contributed by atoms with Gasteiger partial charge in [-0.2, -0.15) is 0 Å². The van der Waals surface area contributed by atoms with Crippen molar-refractivity contribution in [1.29, 1.82) is 0 Å². The molecule has 0 aromatic heterocycles. The molecular formula is C19H19FN2O3. The SMILES string of the molecule is Cc1ccccc1C(O)CNC(=O)C1CC(=O)Nc2cc(F)ccc21. The minimum absolute atomic E-state index is 0.00900. The smallest absolute Gasteiger partial charge is 0.228 e. The lowest BCUT2D eigenvalue weighted by Crippen LogP contribution is -2.37. The first-order valence-electron chi connectivity index (χ1n) is 8.06. The number of carbonyl (C=O) groups is 2. The van der Waals surface area contributed by atoms with E-state index in [1.165, 1.54) is 18.2 Å². The minimum Gasteiger partial charge on any atom is -0.387 e. The quantitative estimate of drug-likeness (QED) is 0.798. The molecule has 0 aliphatic carbocycles. The van der Waals surface area contributed by atoms with Crippen molar-refractivity contribution in [2.75, 3.05) is 11.9 Å². The van der Waals surface area contributed by atoms with Crippen molar-refractivity contribution in [3.8, 4) is 0 Å². The van der Waals surface area contributed by atoms with Gasteiger partial charge in [0.05, 0.1) is 12.0 Å². The van der Waals surface area contributed by atoms with Crippen LogP contribution in [0, 0.1) is 12.7 Å². The number of fused-ring (bicyclic) bond motifs is 1. The number of aryl methyl sites for hydroxylation is 1. The molecule has 130 valence electrons. The first-order valence-corrected chi connectivity index (χ1v) is 8.06. The fraction of sp³-hybridized carbons (Fsp3) is 0.263. The van der Waals surface area contributed by atoms with Gasteiger partial charge in [-0.25, -0.2) is 4.39 Å². The van der Waals surface area contributed by atoms with E-state index in [9.17, 15) is 19.1 Å². The van der Waals surface area contributed by atoms with Gasteiger partial charge in [0.25, 0.3) is 0 Å². The van der Waals surface area contributed by atoms with Crippen molar-refractivity contribution in [2.45, 2.75) is 25.4 Å². The molecule has 1 aliphatic rings. The van der Waals surface area contributed by atoms with Crippen LogP contribution in [-0.2, 0) is 9.59 Å². The lowest BCUT2D eigenvalue weighted by atomic mass is 9.89. The molecule has 0 radical (unpaired) electrons. The summed E-state index contributed by atoms with van der Waals surface area (Å²) in [5, 5.41) is 15.6. The van der Waals surface area contributed by atoms with Crippen LogP contribution < -0.4 is 10.6 Å². The van der Waals surface area contributed by atoms with Gasteiger partial charge in [-0.3, -0.25) is 9.59 Å². The zero-order valence-corrected chi connectivity index (χ0v) is 13.8. The lowest BCUT2D eigenvalue weighted by Gasteiger charge is -2.25. The second-order valence-corrected chi connectivity index (χ2v) is 6.15. The molecule has 0 spiro atoms. The zero-order chi connectivity index (χ0) is 18.0. The number of halogens is 1. The molecular weight excluding hydrogens is 323 g/mol. The predicted molar refractivity (Wildman–Crippen MR) is 91.5 cm³/mol. The summed E-state index contributed by atoms with van der Waals surface area (Å²) in [5.41, 5.74) is 2.56. The van der Waals surface area contributed by atoms with Crippen LogP contribution in [0.4, 0.5) is 10.1 Å². The highest BCUT2D eigenvalue weighted by atomic mass is 19.1. The number of hydrogen-bond donors (Lipinski definition) is 3. The van der Waals surface area contributed by atoms with Crippen LogP contribution in [0.5, 0.6) is 0 Å². The molecule has 25 heavy (non-hydrogen) atoms. The van der Waals surface area contributed by atoms with Gasteiger partial charge in [-0.15, -0.1) is 0 Å². The standard InChI is InChI=1S/C19H19FN2O3/c1-11-4-2-3-5-13(11)17(23)10-21-19(25)15-9-18(24)22-16-8-12(20)6-7-14(15)16/h2-8,15,17,23H,9-10H2,1H3,(H,21,25)(H,22,24). The highest BCUT2D eigenvalue weighted by Crippen LogP contribution is 2.33. The molecule has 1 aliphatic heterocycles. The Labute approximate surface area is 144 Å². The van der Waals surface area contributed by atoms with Gasteiger partial charge in [0.15, 0.2) is 0 Å². The Balaban J connectivity index is 1.72. The van der Waals surface area contributed by atoms with Gasteiger partial charge in [-0.05, 0) is 35.7 Å². The van der Waals surface area contributed by atoms with Gasteiger partial charge < -0.3 is 15.7 Å². The van der Waals surface area contributed by atoms with E-state index in [1.807, 2.05) is 25.1 Å². The van der Waals surface area contributed by atoms with Crippen molar-refractivity contribution in [3.05, 3.63) is 65.0 Å². The molecule has 0 bridgehead atoms. The predicted octanol–water partition coefficient (Wildman–Crippen LogP) is 2.41. The third kappa shape index (κ3) is 3.69. The summed E-state index contributed by atoms with van der Waals surface area (Å²) in [6.45, 7) is 1.93. The summed E-state index contributed by atoms with van der Waals surface area (Å²) in [5.74, 6) is -1.88. The van der Waals surface area contributed by atoms with Crippen LogP contribution in [0.1, 0.15) is 35.1 Å². The maximum Gasteiger partial charge on any atom is 0.228 e. The maximum absolute atomic E-state index is 13.3. The summed E-state index contributed by atoms with van der Waals surface area (Å²) in [6.07, 6.45) is -0.847. The van der Waals surface area contributed by atoms with Crippen molar-refractivity contribution >= 4 is 17.5 Å². The van der Waals surface area contributed by atoms with Gasteiger partial charge in [0.1, 0.15) is 5.82 Å². The van der Waals surface area contributed by atoms with Crippen molar-refractivity contribution in [3.63, 3.8) is 0 Å². The third-order valence-electron chi connectivity index (χ3n) is 4.39. The molecule has 3 N–H and O–H groups in total. The first-order chi connectivity index (χ1) is 12.0. The Kier molecular flexibility index (Phi) is 4.81. The highest BCUT2D eigenvalue weighted by molar-refractivity contribution is 6.01. The first kappa shape index (κ1) is 17.1. The van der Waals surface area contributed by atoms with E-state index in [-0.39, 0.29) is 24.8 Å². The number of rotatable bonds is 4. The molecule has 3 rings (SSSR count). The van der Waals surface area contributed by atoms with Gasteiger partial charge in [0.2, 0.25) is 11.8 Å². The van der Waals surface area contributed by atoms with Crippen molar-refractivity contribution < 1.29 is 19.1 Å². The Bertz CT molecular complexity index is 822. The molecule has 2 amide bonds. The molecule has 2 aromatic carbocycles. The van der Waals surface area contributed by atoms with E-state index in [0.29, 0.717) is 11.3 Å². The van der Waals surface area contributed by atoms with E-state index in [2.05, 4.69) is 10.6 Å². The van der Waals surface area contributed by atoms with Gasteiger partial charge >= 0.3 is 0 Å². The summed E-state index contributed by atoms with van der Waals surface area (Å²) >= 11 is 0. The molecule has 0 saturated heterocycles. The van der Waals surface area contributed by atoms with E-state index < -0.39 is 17.8 Å². The van der Waals surface area contributed by atoms with Crippen LogP contribution in [-0.4, -0.2) is 23.5 Å². The molecule has 1 heterocycles. The van der Waals surface area contributed by atoms with E-state index in [0.717, 1.165) is 11.1 Å². The number of anilines is 1. The monoisotopic (exact) mass is 342 g/mol. The number of carbonyl (C=O) groups excluding carboxylic acids is 2. The average molecular weight is 342 g/mol. The van der Waals surface area contributed by atoms with E-state index in [1.54, 1.807) is 6.07 Å². The van der Waals surface area contributed by atoms with Crippen LogP contribution in [0.3, 0.4) is 0 Å². The Morgan fingerprint density at radius 3 is 2.88 bits per heavy atom. The lowest BCUT2D eigenvalue weighted by molar-refractivity contribution is -0.126. The number of amides is 2. The van der Waals surface area contributed by atoms with Crippen molar-refractivity contribution in [1.82, 2.24) is 5.32 Å². The number of aliphatic hydroxyl groups is 1. The molecule has 0 saturated carbocycles. The summed E-state index contributed by atoms with van der Waals surface area (Å²) < 4.78 is 13.3. The Hall–Kier alpha value is -2.73. The van der Waals surface area contributed by atoms with Gasteiger partial charge in [0, 0.05) is 18.7 Å². The molecule has 2 unspecified atom stereocenters. The summed E-state index contributed by atoms with van der Waals surface area (Å²) in [7, 11) is 0. The number of benzene rings is 2. The molecule has 0 fully saturated rings. The molecule has 6 heteroatoms. The Morgan fingerprint density at radius 2 is 2.12 bits per heavy atom. The topological polar surface area (TPSA) is 78.4 Å². The number of nitrogens with one attached hydrogen (secondary N) is 2. The van der Waals surface area contributed by atoms with Crippen LogP contribution in [0.2, 0.25) is 0 Å². The number of aliphatic hydroxyl groups excluding tert-OH is 1. The van der Waals surface area contributed by atoms with Crippen LogP contribution in [0.15, 0.2) is 42.5 Å². The third-order valence-corrected chi connectivity index (χ3v) is 4.39. The highest BCUT2D eigenvalue weighted by Gasteiger charge is 2.31. The van der Waals surface area contributed by atoms with Gasteiger partial charge in [-0.1, -0.05) is 30.3 Å². The van der Waals surface area contributed by atoms with Crippen LogP contribution >= 0.6 is 0 Å². The fourth-order valence-corrected chi connectivity index (χ4v) is 3.06. The second kappa shape index (κ2) is 7.03. The average Bonchev–Trinajstić information content (AvgIpc) is 2.58. The molecule has 2 atom stereocenters. The normalized spacial score (nSPS) is 17.4. The summed E-state index contributed by atoms with van der Waals surface area (Å²) in [4.78, 5) is 24.3. The fourth-order valence-electron chi connectivity index (χ4n) is 3.06. The van der Waals surface area contributed by atoms with Crippen molar-refractivity contribution in [2.24, 2.45) is 0 Å². The Morgan fingerprint density at radius 1 is 1.36 bits per heavy atom. The zero-order valence-electron chi connectivity index (χ0n) is 13.8. The summed E-state index contributed by atoms with van der Waals surface area (Å²) in [6, 6.07) is 11.4. The van der Waals surface area contributed by atoms with E-state index >= 15 is 0 Å². The minimum atomic E-state index is -0.838. The second-order valence-electron chi connectivity index (χ2n) is 6.15.